The summed E-state index contributed by atoms with van der Waals surface area (Å²) < 4.78 is 14.9. The van der Waals surface area contributed by atoms with Crippen LogP contribution in [0.5, 0.6) is 0 Å². The standard InChI is InChI=1S/C10H11N3O4/c1-15-10(14)8-12-7(6-11)9(17-8)13-2-4-16-5-3-13/h2-5H2,1H3. The molecule has 2 heterocycles. The van der Waals surface area contributed by atoms with Gasteiger partial charge in [0.25, 0.3) is 0 Å². The average Bonchev–Trinajstić information content (AvgIpc) is 2.83. The molecule has 1 fully saturated rings. The third-order valence-corrected chi connectivity index (χ3v) is 2.37. The fraction of sp³-hybridized carbons (Fsp3) is 0.500. The Hall–Kier alpha value is -2.07. The van der Waals surface area contributed by atoms with Gasteiger partial charge in [0.1, 0.15) is 6.07 Å². The fourth-order valence-electron chi connectivity index (χ4n) is 1.54. The molecule has 1 aromatic rings. The molecule has 1 aromatic heterocycles. The van der Waals surface area contributed by atoms with E-state index in [2.05, 4.69) is 9.72 Å². The Morgan fingerprint density at radius 3 is 2.82 bits per heavy atom. The van der Waals surface area contributed by atoms with Crippen molar-refractivity contribution in [1.82, 2.24) is 4.98 Å². The SMILES string of the molecule is COC(=O)c1nc(C#N)c(N2CCOCC2)o1. The molecule has 0 amide bonds. The zero-order chi connectivity index (χ0) is 12.3. The Morgan fingerprint density at radius 2 is 2.24 bits per heavy atom. The van der Waals surface area contributed by atoms with Crippen molar-refractivity contribution in [3.8, 4) is 6.07 Å². The second-order valence-electron chi connectivity index (χ2n) is 3.38. The lowest BCUT2D eigenvalue weighted by molar-refractivity contribution is 0.0556. The lowest BCUT2D eigenvalue weighted by Gasteiger charge is -2.25. The van der Waals surface area contributed by atoms with Gasteiger partial charge in [0, 0.05) is 13.1 Å². The first-order valence-corrected chi connectivity index (χ1v) is 5.08. The maximum Gasteiger partial charge on any atom is 0.394 e. The Labute approximate surface area is 97.5 Å². The highest BCUT2D eigenvalue weighted by Crippen LogP contribution is 2.22. The number of ether oxygens (including phenoxy) is 2. The largest absolute Gasteiger partial charge is 0.462 e. The van der Waals surface area contributed by atoms with Crippen LogP contribution in [-0.4, -0.2) is 44.4 Å². The van der Waals surface area contributed by atoms with E-state index in [1.54, 1.807) is 0 Å². The number of anilines is 1. The molecule has 0 aromatic carbocycles. The van der Waals surface area contributed by atoms with Crippen LogP contribution in [0.15, 0.2) is 4.42 Å². The van der Waals surface area contributed by atoms with Crippen molar-refractivity contribution in [2.45, 2.75) is 0 Å². The van der Waals surface area contributed by atoms with Gasteiger partial charge in [-0.15, -0.1) is 0 Å². The number of esters is 1. The summed E-state index contributed by atoms with van der Waals surface area (Å²) in [6.45, 7) is 2.31. The van der Waals surface area contributed by atoms with Crippen LogP contribution in [0.3, 0.4) is 0 Å². The lowest BCUT2D eigenvalue weighted by Crippen LogP contribution is -2.36. The van der Waals surface area contributed by atoms with Crippen molar-refractivity contribution in [1.29, 1.82) is 5.26 Å². The van der Waals surface area contributed by atoms with Crippen LogP contribution in [-0.2, 0) is 9.47 Å². The highest BCUT2D eigenvalue weighted by Gasteiger charge is 2.24. The maximum atomic E-state index is 11.2. The second kappa shape index (κ2) is 4.84. The molecule has 1 aliphatic rings. The number of oxazole rings is 1. The van der Waals surface area contributed by atoms with E-state index in [0.717, 1.165) is 0 Å². The third-order valence-electron chi connectivity index (χ3n) is 2.37. The topological polar surface area (TPSA) is 88.6 Å². The first-order chi connectivity index (χ1) is 8.26. The third kappa shape index (κ3) is 2.21. The van der Waals surface area contributed by atoms with Crippen LogP contribution >= 0.6 is 0 Å². The minimum Gasteiger partial charge on any atom is -0.462 e. The van der Waals surface area contributed by atoms with Gasteiger partial charge in [-0.25, -0.2) is 4.79 Å². The van der Waals surface area contributed by atoms with Crippen LogP contribution in [0.4, 0.5) is 5.88 Å². The van der Waals surface area contributed by atoms with Crippen molar-refractivity contribution < 1.29 is 18.7 Å². The normalized spacial score (nSPS) is 15.4. The van der Waals surface area contributed by atoms with E-state index in [-0.39, 0.29) is 11.6 Å². The van der Waals surface area contributed by atoms with Gasteiger partial charge in [-0.1, -0.05) is 0 Å². The molecule has 0 saturated carbocycles. The van der Waals surface area contributed by atoms with Crippen LogP contribution in [0.25, 0.3) is 0 Å². The van der Waals surface area contributed by atoms with Gasteiger partial charge < -0.3 is 18.8 Å². The Morgan fingerprint density at radius 1 is 1.53 bits per heavy atom. The molecule has 7 heteroatoms. The highest BCUT2D eigenvalue weighted by molar-refractivity contribution is 5.84. The molecule has 0 bridgehead atoms. The number of morpholine rings is 1. The molecule has 0 unspecified atom stereocenters. The summed E-state index contributed by atoms with van der Waals surface area (Å²) in [5.41, 5.74) is 0.0901. The summed E-state index contributed by atoms with van der Waals surface area (Å²) in [5, 5.41) is 8.93. The molecule has 0 radical (unpaired) electrons. The number of hydrogen-bond acceptors (Lipinski definition) is 7. The van der Waals surface area contributed by atoms with Crippen molar-refractivity contribution in [2.75, 3.05) is 38.3 Å². The van der Waals surface area contributed by atoms with Gasteiger partial charge in [0.15, 0.2) is 0 Å². The molecule has 90 valence electrons. The van der Waals surface area contributed by atoms with Crippen LogP contribution in [0.2, 0.25) is 0 Å². The van der Waals surface area contributed by atoms with Crippen LogP contribution in [0, 0.1) is 11.3 Å². The Balaban J connectivity index is 2.29. The Bertz CT molecular complexity index is 457. The highest BCUT2D eigenvalue weighted by atomic mass is 16.5. The summed E-state index contributed by atoms with van der Waals surface area (Å²) in [4.78, 5) is 16.9. The molecule has 0 aliphatic carbocycles. The van der Waals surface area contributed by atoms with E-state index in [1.807, 2.05) is 11.0 Å². The minimum absolute atomic E-state index is 0.0901. The summed E-state index contributed by atoms with van der Waals surface area (Å²) in [5.74, 6) is -0.595. The van der Waals surface area contributed by atoms with E-state index >= 15 is 0 Å². The molecule has 17 heavy (non-hydrogen) atoms. The van der Waals surface area contributed by atoms with E-state index in [0.29, 0.717) is 32.2 Å². The van der Waals surface area contributed by atoms with E-state index in [1.165, 1.54) is 7.11 Å². The lowest BCUT2D eigenvalue weighted by atomic mass is 10.4. The zero-order valence-electron chi connectivity index (χ0n) is 9.30. The number of rotatable bonds is 2. The predicted molar refractivity (Wildman–Crippen MR) is 55.6 cm³/mol. The molecule has 0 spiro atoms. The summed E-state index contributed by atoms with van der Waals surface area (Å²) in [6.07, 6.45) is 0. The predicted octanol–water partition coefficient (Wildman–Crippen LogP) is 0.169. The van der Waals surface area contributed by atoms with Crippen molar-refractivity contribution in [3.63, 3.8) is 0 Å². The first-order valence-electron chi connectivity index (χ1n) is 5.08. The van der Waals surface area contributed by atoms with Crippen molar-refractivity contribution in [2.24, 2.45) is 0 Å². The molecule has 7 nitrogen and oxygen atoms in total. The number of hydrogen-bond donors (Lipinski definition) is 0. The molecule has 2 rings (SSSR count). The van der Waals surface area contributed by atoms with Gasteiger partial charge in [0.2, 0.25) is 11.6 Å². The minimum atomic E-state index is -0.694. The van der Waals surface area contributed by atoms with Crippen LogP contribution in [0.1, 0.15) is 16.4 Å². The van der Waals surface area contributed by atoms with Gasteiger partial charge >= 0.3 is 11.9 Å². The van der Waals surface area contributed by atoms with E-state index < -0.39 is 5.97 Å². The number of nitrogens with zero attached hydrogens (tertiary/aromatic N) is 3. The fourth-order valence-corrected chi connectivity index (χ4v) is 1.54. The molecule has 0 atom stereocenters. The molecule has 0 N–H and O–H groups in total. The zero-order valence-corrected chi connectivity index (χ0v) is 9.30. The average molecular weight is 237 g/mol. The second-order valence-corrected chi connectivity index (χ2v) is 3.38. The van der Waals surface area contributed by atoms with Gasteiger partial charge in [-0.05, 0) is 0 Å². The molecular formula is C10H11N3O4. The van der Waals surface area contributed by atoms with Crippen LogP contribution < -0.4 is 4.90 Å². The van der Waals surface area contributed by atoms with Gasteiger partial charge in [-0.3, -0.25) is 0 Å². The van der Waals surface area contributed by atoms with E-state index in [4.69, 9.17) is 14.4 Å². The summed E-state index contributed by atoms with van der Waals surface area (Å²) in [6, 6.07) is 1.90. The maximum absolute atomic E-state index is 11.2. The number of carbonyl (C=O) groups excluding carboxylic acids is 1. The molecule has 1 saturated heterocycles. The molecular weight excluding hydrogens is 226 g/mol. The first kappa shape index (κ1) is 11.4. The number of aromatic nitrogens is 1. The summed E-state index contributed by atoms with van der Waals surface area (Å²) >= 11 is 0. The van der Waals surface area contributed by atoms with E-state index in [9.17, 15) is 4.79 Å². The smallest absolute Gasteiger partial charge is 0.394 e. The number of methoxy groups -OCH3 is 1. The van der Waals surface area contributed by atoms with Gasteiger partial charge in [0.05, 0.1) is 20.3 Å². The quantitative estimate of drug-likeness (QED) is 0.677. The van der Waals surface area contributed by atoms with Crippen molar-refractivity contribution >= 4 is 11.9 Å². The van der Waals surface area contributed by atoms with Crippen molar-refractivity contribution in [3.05, 3.63) is 11.6 Å². The number of carbonyl (C=O) groups is 1. The monoisotopic (exact) mass is 237 g/mol. The summed E-state index contributed by atoms with van der Waals surface area (Å²) in [7, 11) is 1.23. The number of nitriles is 1. The Kier molecular flexibility index (Phi) is 3.25. The van der Waals surface area contributed by atoms with Gasteiger partial charge in [-0.2, -0.15) is 10.2 Å². The molecule has 1 aliphatic heterocycles.